The van der Waals surface area contributed by atoms with Gasteiger partial charge in [-0.05, 0) is 37.8 Å². The van der Waals surface area contributed by atoms with Crippen molar-refractivity contribution in [3.05, 3.63) is 29.3 Å². The molecule has 0 fully saturated rings. The van der Waals surface area contributed by atoms with Crippen molar-refractivity contribution in [2.45, 2.75) is 39.7 Å². The normalized spacial score (nSPS) is 12.0. The Morgan fingerprint density at radius 2 is 2.16 bits per heavy atom. The van der Waals surface area contributed by atoms with Gasteiger partial charge in [-0.25, -0.2) is 0 Å². The van der Waals surface area contributed by atoms with Gasteiger partial charge in [0.05, 0.1) is 0 Å². The highest BCUT2D eigenvalue weighted by Crippen LogP contribution is 2.24. The first kappa shape index (κ1) is 15.5. The molecule has 0 aliphatic carbocycles. The highest BCUT2D eigenvalue weighted by molar-refractivity contribution is 5.77. The maximum absolute atomic E-state index is 11.5. The average Bonchev–Trinajstić information content (AvgIpc) is 2.38. The number of amides is 1. The zero-order chi connectivity index (χ0) is 14.3. The highest BCUT2D eigenvalue weighted by Gasteiger charge is 2.11. The van der Waals surface area contributed by atoms with Crippen LogP contribution in [-0.2, 0) is 11.2 Å². The van der Waals surface area contributed by atoms with Crippen LogP contribution in [-0.4, -0.2) is 25.1 Å². The molecule has 4 nitrogen and oxygen atoms in total. The van der Waals surface area contributed by atoms with E-state index in [1.807, 2.05) is 32.0 Å². The van der Waals surface area contributed by atoms with Crippen molar-refractivity contribution in [2.75, 3.05) is 13.2 Å². The third-order valence-electron chi connectivity index (χ3n) is 3.02. The van der Waals surface area contributed by atoms with E-state index < -0.39 is 0 Å². The van der Waals surface area contributed by atoms with E-state index in [9.17, 15) is 4.79 Å². The average molecular weight is 264 g/mol. The molecule has 0 saturated heterocycles. The van der Waals surface area contributed by atoms with Gasteiger partial charge in [-0.1, -0.05) is 25.1 Å². The van der Waals surface area contributed by atoms with Crippen LogP contribution in [0.2, 0.25) is 0 Å². The van der Waals surface area contributed by atoms with Crippen molar-refractivity contribution < 1.29 is 9.53 Å². The van der Waals surface area contributed by atoms with Crippen LogP contribution in [0.4, 0.5) is 0 Å². The standard InChI is InChI=1S/C15H24N2O2/c1-4-13(16)9-12-8-6-7-11(3)15(12)19-10-14(18)17-5-2/h6-8,13H,4-5,9-10,16H2,1-3H3,(H,17,18). The summed E-state index contributed by atoms with van der Waals surface area (Å²) in [5.41, 5.74) is 8.09. The molecule has 1 aromatic rings. The number of ether oxygens (including phenoxy) is 1. The minimum atomic E-state index is -0.100. The number of nitrogens with one attached hydrogen (secondary N) is 1. The molecule has 1 unspecified atom stereocenters. The molecule has 0 spiro atoms. The van der Waals surface area contributed by atoms with E-state index in [1.54, 1.807) is 0 Å². The van der Waals surface area contributed by atoms with Gasteiger partial charge in [-0.3, -0.25) is 4.79 Å². The van der Waals surface area contributed by atoms with Crippen LogP contribution in [0.15, 0.2) is 18.2 Å². The fraction of sp³-hybridized carbons (Fsp3) is 0.533. The maximum Gasteiger partial charge on any atom is 0.257 e. The van der Waals surface area contributed by atoms with Gasteiger partial charge in [-0.2, -0.15) is 0 Å². The lowest BCUT2D eigenvalue weighted by atomic mass is 10.0. The van der Waals surface area contributed by atoms with Gasteiger partial charge in [0, 0.05) is 12.6 Å². The lowest BCUT2D eigenvalue weighted by molar-refractivity contribution is -0.122. The molecule has 0 saturated carbocycles. The van der Waals surface area contributed by atoms with E-state index in [0.717, 1.165) is 29.7 Å². The molecule has 0 aliphatic rings. The van der Waals surface area contributed by atoms with E-state index in [0.29, 0.717) is 6.54 Å². The number of hydrogen-bond acceptors (Lipinski definition) is 3. The van der Waals surface area contributed by atoms with Gasteiger partial charge >= 0.3 is 0 Å². The topological polar surface area (TPSA) is 64.3 Å². The summed E-state index contributed by atoms with van der Waals surface area (Å²) in [6, 6.07) is 6.10. The van der Waals surface area contributed by atoms with E-state index >= 15 is 0 Å². The molecular formula is C15H24N2O2. The minimum Gasteiger partial charge on any atom is -0.483 e. The van der Waals surface area contributed by atoms with Gasteiger partial charge in [-0.15, -0.1) is 0 Å². The Morgan fingerprint density at radius 3 is 2.79 bits per heavy atom. The highest BCUT2D eigenvalue weighted by atomic mass is 16.5. The second-order valence-electron chi connectivity index (χ2n) is 4.68. The molecular weight excluding hydrogens is 240 g/mol. The third kappa shape index (κ3) is 4.91. The van der Waals surface area contributed by atoms with Crippen LogP contribution in [0.1, 0.15) is 31.4 Å². The van der Waals surface area contributed by atoms with Crippen LogP contribution in [0.25, 0.3) is 0 Å². The summed E-state index contributed by atoms with van der Waals surface area (Å²) < 4.78 is 5.66. The summed E-state index contributed by atoms with van der Waals surface area (Å²) in [4.78, 5) is 11.5. The number of aryl methyl sites for hydroxylation is 1. The fourth-order valence-electron chi connectivity index (χ4n) is 1.89. The number of carbonyl (C=O) groups is 1. The lowest BCUT2D eigenvalue weighted by Crippen LogP contribution is -2.29. The van der Waals surface area contributed by atoms with Gasteiger partial charge < -0.3 is 15.8 Å². The Labute approximate surface area is 115 Å². The first-order chi connectivity index (χ1) is 9.08. The predicted octanol–water partition coefficient (Wildman–Crippen LogP) is 1.79. The summed E-state index contributed by atoms with van der Waals surface area (Å²) in [6.45, 7) is 6.59. The Balaban J connectivity index is 2.77. The molecule has 1 rings (SSSR count). The predicted molar refractivity (Wildman–Crippen MR) is 77.3 cm³/mol. The Kier molecular flexibility index (Phi) is 6.36. The Hall–Kier alpha value is -1.55. The Bertz CT molecular complexity index is 419. The fourth-order valence-corrected chi connectivity index (χ4v) is 1.89. The van der Waals surface area contributed by atoms with E-state index in [4.69, 9.17) is 10.5 Å². The van der Waals surface area contributed by atoms with E-state index in [1.165, 1.54) is 0 Å². The number of carbonyl (C=O) groups excluding carboxylic acids is 1. The number of likely N-dealkylation sites (N-methyl/N-ethyl adjacent to an activating group) is 1. The van der Waals surface area contributed by atoms with E-state index in [-0.39, 0.29) is 18.6 Å². The quantitative estimate of drug-likeness (QED) is 0.789. The van der Waals surface area contributed by atoms with E-state index in [2.05, 4.69) is 12.2 Å². The molecule has 0 bridgehead atoms. The third-order valence-corrected chi connectivity index (χ3v) is 3.02. The zero-order valence-electron chi connectivity index (χ0n) is 12.0. The maximum atomic E-state index is 11.5. The molecule has 0 radical (unpaired) electrons. The molecule has 4 heteroatoms. The SMILES string of the molecule is CCNC(=O)COc1c(C)cccc1CC(N)CC. The Morgan fingerprint density at radius 1 is 1.42 bits per heavy atom. The van der Waals surface area contributed by atoms with Crippen LogP contribution < -0.4 is 15.8 Å². The van der Waals surface area contributed by atoms with Crippen LogP contribution in [0, 0.1) is 6.92 Å². The molecule has 3 N–H and O–H groups in total. The molecule has 1 aromatic carbocycles. The molecule has 1 atom stereocenters. The van der Waals surface area contributed by atoms with Crippen molar-refractivity contribution in [3.8, 4) is 5.75 Å². The largest absolute Gasteiger partial charge is 0.483 e. The van der Waals surface area contributed by atoms with Crippen molar-refractivity contribution in [1.29, 1.82) is 0 Å². The summed E-state index contributed by atoms with van der Waals surface area (Å²) >= 11 is 0. The lowest BCUT2D eigenvalue weighted by Gasteiger charge is -2.16. The van der Waals surface area contributed by atoms with Crippen LogP contribution in [0.3, 0.4) is 0 Å². The molecule has 0 aliphatic heterocycles. The second-order valence-corrected chi connectivity index (χ2v) is 4.68. The van der Waals surface area contributed by atoms with Crippen molar-refractivity contribution in [3.63, 3.8) is 0 Å². The smallest absolute Gasteiger partial charge is 0.257 e. The molecule has 0 aromatic heterocycles. The van der Waals surface area contributed by atoms with Crippen LogP contribution >= 0.6 is 0 Å². The summed E-state index contributed by atoms with van der Waals surface area (Å²) in [5, 5.41) is 2.72. The van der Waals surface area contributed by atoms with Gasteiger partial charge in [0.2, 0.25) is 0 Å². The molecule has 0 heterocycles. The van der Waals surface area contributed by atoms with Crippen molar-refractivity contribution >= 4 is 5.91 Å². The number of rotatable bonds is 7. The first-order valence-electron chi connectivity index (χ1n) is 6.82. The second kappa shape index (κ2) is 7.79. The number of benzene rings is 1. The number of hydrogen-bond donors (Lipinski definition) is 2. The minimum absolute atomic E-state index is 0.0487. The summed E-state index contributed by atoms with van der Waals surface area (Å²) in [6.07, 6.45) is 1.69. The van der Waals surface area contributed by atoms with Crippen molar-refractivity contribution in [1.82, 2.24) is 5.32 Å². The first-order valence-corrected chi connectivity index (χ1v) is 6.82. The molecule has 1 amide bonds. The van der Waals surface area contributed by atoms with Gasteiger partial charge in [0.25, 0.3) is 5.91 Å². The van der Waals surface area contributed by atoms with Gasteiger partial charge in [0.1, 0.15) is 5.75 Å². The summed E-state index contributed by atoms with van der Waals surface area (Å²) in [7, 11) is 0. The van der Waals surface area contributed by atoms with Crippen LogP contribution in [0.5, 0.6) is 5.75 Å². The molecule has 106 valence electrons. The van der Waals surface area contributed by atoms with Gasteiger partial charge in [0.15, 0.2) is 6.61 Å². The van der Waals surface area contributed by atoms with Crippen molar-refractivity contribution in [2.24, 2.45) is 5.73 Å². The number of para-hydroxylation sites is 1. The summed E-state index contributed by atoms with van der Waals surface area (Å²) in [5.74, 6) is 0.689. The zero-order valence-corrected chi connectivity index (χ0v) is 12.0. The molecule has 19 heavy (non-hydrogen) atoms. The monoisotopic (exact) mass is 264 g/mol. The number of nitrogens with two attached hydrogens (primary N) is 1.